The summed E-state index contributed by atoms with van der Waals surface area (Å²) in [5.41, 5.74) is -0.367. The van der Waals surface area contributed by atoms with Gasteiger partial charge in [-0.05, 0) is 40.4 Å². The van der Waals surface area contributed by atoms with Crippen LogP contribution in [0.1, 0.15) is 41.0 Å². The van der Waals surface area contributed by atoms with Crippen LogP contribution in [-0.2, 0) is 4.79 Å². The Morgan fingerprint density at radius 2 is 2.12 bits per heavy atom. The molecule has 94 valence electrons. The first-order valence-electron chi connectivity index (χ1n) is 5.89. The molecular weight excluding hydrogens is 220 g/mol. The minimum Gasteiger partial charge on any atom is -0.324 e. The van der Waals surface area contributed by atoms with E-state index in [9.17, 15) is 4.79 Å². The van der Waals surface area contributed by atoms with Crippen molar-refractivity contribution in [1.82, 2.24) is 10.2 Å². The van der Waals surface area contributed by atoms with Gasteiger partial charge in [-0.3, -0.25) is 10.1 Å². The smallest absolute Gasteiger partial charge is 0.243 e. The number of carbonyl (C=O) groups excluding carboxylic acids is 1. The molecule has 1 aliphatic heterocycles. The van der Waals surface area contributed by atoms with E-state index in [0.717, 1.165) is 13.0 Å². The Balaban J connectivity index is 2.80. The zero-order valence-corrected chi connectivity index (χ0v) is 12.1. The highest BCUT2D eigenvalue weighted by molar-refractivity contribution is 7.99. The zero-order chi connectivity index (χ0) is 12.6. The van der Waals surface area contributed by atoms with Crippen molar-refractivity contribution < 1.29 is 4.79 Å². The van der Waals surface area contributed by atoms with Crippen LogP contribution in [0.4, 0.5) is 0 Å². The number of hydrogen-bond acceptors (Lipinski definition) is 3. The van der Waals surface area contributed by atoms with E-state index < -0.39 is 0 Å². The number of nitrogens with zero attached hydrogens (tertiary/aromatic N) is 1. The fraction of sp³-hybridized carbons (Fsp3) is 0.917. The molecule has 0 aromatic heterocycles. The SMILES string of the molecule is CCC1(C)NC(C)N(CC(C)(C)SC)C1=O. The van der Waals surface area contributed by atoms with E-state index in [1.165, 1.54) is 0 Å². The Morgan fingerprint density at radius 3 is 2.50 bits per heavy atom. The summed E-state index contributed by atoms with van der Waals surface area (Å²) in [5, 5.41) is 3.39. The second-order valence-electron chi connectivity index (χ2n) is 5.40. The van der Waals surface area contributed by atoms with Gasteiger partial charge in [0.25, 0.3) is 0 Å². The predicted octanol–water partition coefficient (Wildman–Crippen LogP) is 2.07. The number of thioether (sulfide) groups is 1. The van der Waals surface area contributed by atoms with Gasteiger partial charge in [0.1, 0.15) is 0 Å². The van der Waals surface area contributed by atoms with Gasteiger partial charge < -0.3 is 4.90 Å². The highest BCUT2D eigenvalue weighted by Crippen LogP contribution is 2.29. The molecule has 0 saturated carbocycles. The first-order chi connectivity index (χ1) is 7.25. The van der Waals surface area contributed by atoms with Crippen LogP contribution in [0, 0.1) is 0 Å². The molecule has 1 saturated heterocycles. The first-order valence-corrected chi connectivity index (χ1v) is 7.12. The quantitative estimate of drug-likeness (QED) is 0.822. The topological polar surface area (TPSA) is 32.3 Å². The second-order valence-corrected chi connectivity index (χ2v) is 6.92. The van der Waals surface area contributed by atoms with Crippen molar-refractivity contribution in [3.8, 4) is 0 Å². The molecule has 0 radical (unpaired) electrons. The fourth-order valence-electron chi connectivity index (χ4n) is 2.03. The molecule has 0 bridgehead atoms. The predicted molar refractivity (Wildman–Crippen MR) is 70.6 cm³/mol. The van der Waals surface area contributed by atoms with Crippen molar-refractivity contribution in [3.63, 3.8) is 0 Å². The van der Waals surface area contributed by atoms with Crippen molar-refractivity contribution in [1.29, 1.82) is 0 Å². The Hall–Kier alpha value is -0.220. The summed E-state index contributed by atoms with van der Waals surface area (Å²) in [6, 6.07) is 0. The molecule has 2 atom stereocenters. The van der Waals surface area contributed by atoms with E-state index in [-0.39, 0.29) is 22.4 Å². The molecule has 3 nitrogen and oxygen atoms in total. The van der Waals surface area contributed by atoms with Gasteiger partial charge in [0.2, 0.25) is 5.91 Å². The number of hydrogen-bond donors (Lipinski definition) is 1. The largest absolute Gasteiger partial charge is 0.324 e. The average Bonchev–Trinajstić information content (AvgIpc) is 2.43. The molecule has 0 aromatic carbocycles. The minimum absolute atomic E-state index is 0.116. The molecule has 1 amide bonds. The van der Waals surface area contributed by atoms with E-state index in [1.54, 1.807) is 11.8 Å². The standard InChI is InChI=1S/C12H24N2OS/c1-7-12(5)10(15)14(9(2)13-12)8-11(3,4)16-6/h9,13H,7-8H2,1-6H3. The summed E-state index contributed by atoms with van der Waals surface area (Å²) >= 11 is 1.80. The van der Waals surface area contributed by atoms with Gasteiger partial charge in [0, 0.05) is 11.3 Å². The molecule has 0 aliphatic carbocycles. The van der Waals surface area contributed by atoms with E-state index in [1.807, 2.05) is 11.8 Å². The number of rotatable bonds is 4. The van der Waals surface area contributed by atoms with Gasteiger partial charge in [0.05, 0.1) is 11.7 Å². The van der Waals surface area contributed by atoms with Crippen molar-refractivity contribution in [2.75, 3.05) is 12.8 Å². The van der Waals surface area contributed by atoms with Gasteiger partial charge in [0.15, 0.2) is 0 Å². The lowest BCUT2D eigenvalue weighted by Gasteiger charge is -2.31. The van der Waals surface area contributed by atoms with E-state index in [0.29, 0.717) is 0 Å². The van der Waals surface area contributed by atoms with E-state index in [2.05, 4.69) is 39.3 Å². The minimum atomic E-state index is -0.367. The number of amides is 1. The van der Waals surface area contributed by atoms with Gasteiger partial charge >= 0.3 is 0 Å². The number of nitrogens with one attached hydrogen (secondary N) is 1. The van der Waals surface area contributed by atoms with Crippen LogP contribution < -0.4 is 5.32 Å². The second kappa shape index (κ2) is 4.57. The van der Waals surface area contributed by atoms with Crippen LogP contribution in [0.2, 0.25) is 0 Å². The third-order valence-corrected chi connectivity index (χ3v) is 4.77. The van der Waals surface area contributed by atoms with Gasteiger partial charge in [-0.2, -0.15) is 11.8 Å². The molecule has 1 rings (SSSR count). The highest BCUT2D eigenvalue weighted by atomic mass is 32.2. The summed E-state index contributed by atoms with van der Waals surface area (Å²) in [7, 11) is 0. The van der Waals surface area contributed by atoms with Crippen LogP contribution in [0.15, 0.2) is 0 Å². The van der Waals surface area contributed by atoms with Gasteiger partial charge in [-0.1, -0.05) is 6.92 Å². The van der Waals surface area contributed by atoms with Crippen molar-refractivity contribution in [2.24, 2.45) is 0 Å². The van der Waals surface area contributed by atoms with Crippen LogP contribution in [0.5, 0.6) is 0 Å². The Morgan fingerprint density at radius 1 is 1.56 bits per heavy atom. The average molecular weight is 244 g/mol. The van der Waals surface area contributed by atoms with Gasteiger partial charge in [-0.15, -0.1) is 0 Å². The molecule has 1 aliphatic rings. The van der Waals surface area contributed by atoms with Crippen molar-refractivity contribution in [2.45, 2.75) is 57.5 Å². The van der Waals surface area contributed by atoms with Crippen LogP contribution in [0.3, 0.4) is 0 Å². The van der Waals surface area contributed by atoms with Crippen LogP contribution >= 0.6 is 11.8 Å². The lowest BCUT2D eigenvalue weighted by atomic mass is 9.99. The normalized spacial score (nSPS) is 31.2. The summed E-state index contributed by atoms with van der Waals surface area (Å²) in [4.78, 5) is 14.3. The van der Waals surface area contributed by atoms with Crippen molar-refractivity contribution in [3.05, 3.63) is 0 Å². The highest BCUT2D eigenvalue weighted by Gasteiger charge is 2.46. The van der Waals surface area contributed by atoms with Gasteiger partial charge in [-0.25, -0.2) is 0 Å². The number of carbonyl (C=O) groups is 1. The maximum absolute atomic E-state index is 12.3. The molecule has 1 fully saturated rings. The molecule has 1 N–H and O–H groups in total. The van der Waals surface area contributed by atoms with E-state index >= 15 is 0 Å². The van der Waals surface area contributed by atoms with Crippen molar-refractivity contribution >= 4 is 17.7 Å². The lowest BCUT2D eigenvalue weighted by molar-refractivity contribution is -0.133. The maximum Gasteiger partial charge on any atom is 0.243 e. The van der Waals surface area contributed by atoms with Crippen LogP contribution in [-0.4, -0.2) is 40.1 Å². The Bertz CT molecular complexity index is 280. The molecule has 0 aromatic rings. The Kier molecular flexibility index (Phi) is 3.95. The molecule has 0 spiro atoms. The first kappa shape index (κ1) is 13.8. The fourth-order valence-corrected chi connectivity index (χ4v) is 2.30. The molecule has 4 heteroatoms. The summed E-state index contributed by atoms with van der Waals surface area (Å²) < 4.78 is 0.116. The Labute approximate surface area is 103 Å². The third-order valence-electron chi connectivity index (χ3n) is 3.54. The van der Waals surface area contributed by atoms with Crippen LogP contribution in [0.25, 0.3) is 0 Å². The zero-order valence-electron chi connectivity index (χ0n) is 11.3. The monoisotopic (exact) mass is 244 g/mol. The lowest BCUT2D eigenvalue weighted by Crippen LogP contribution is -2.44. The van der Waals surface area contributed by atoms with E-state index in [4.69, 9.17) is 0 Å². The third kappa shape index (κ3) is 2.54. The molecule has 1 heterocycles. The molecular formula is C12H24N2OS. The molecule has 2 unspecified atom stereocenters. The summed E-state index contributed by atoms with van der Waals surface area (Å²) in [5.74, 6) is 0.240. The molecule has 16 heavy (non-hydrogen) atoms. The summed E-state index contributed by atoms with van der Waals surface area (Å²) in [6.45, 7) is 11.3. The summed E-state index contributed by atoms with van der Waals surface area (Å²) in [6.07, 6.45) is 3.08. The maximum atomic E-state index is 12.3.